The molecule has 0 aliphatic carbocycles. The van der Waals surface area contributed by atoms with Crippen LogP contribution in [0.4, 0.5) is 0 Å². The second-order valence-corrected chi connectivity index (χ2v) is 20.3. The van der Waals surface area contributed by atoms with Crippen molar-refractivity contribution in [2.75, 3.05) is 0 Å². The fraction of sp³-hybridized carbons (Fsp3) is 0.0455. The molecule has 0 bridgehead atoms. The SMILES string of the molecule is C[Si](c1ccccc1)(c1ccccc1)c1ccc(-c2[c]c(-c3ccc([Si](C)(c4ccccc4)c4ccccc4)cc3)ccc2)cc1. The lowest BCUT2D eigenvalue weighted by molar-refractivity contribution is 1.58. The molecule has 0 aromatic heterocycles. The van der Waals surface area contributed by atoms with Gasteiger partial charge in [0.15, 0.2) is 0 Å². The summed E-state index contributed by atoms with van der Waals surface area (Å²) in [7, 11) is -4.28. The minimum Gasteiger partial charge on any atom is -0.0624 e. The summed E-state index contributed by atoms with van der Waals surface area (Å²) in [5.41, 5.74) is 4.60. The van der Waals surface area contributed by atoms with Crippen molar-refractivity contribution < 1.29 is 0 Å². The van der Waals surface area contributed by atoms with Gasteiger partial charge >= 0.3 is 0 Å². The Hall–Kier alpha value is -5.03. The lowest BCUT2D eigenvalue weighted by Gasteiger charge is -2.29. The molecule has 0 aliphatic rings. The maximum atomic E-state index is 3.74. The van der Waals surface area contributed by atoms with Crippen LogP contribution < -0.4 is 31.1 Å². The van der Waals surface area contributed by atoms with Gasteiger partial charge in [-0.1, -0.05) is 201 Å². The van der Waals surface area contributed by atoms with Crippen LogP contribution in [0.5, 0.6) is 0 Å². The molecule has 0 heterocycles. The van der Waals surface area contributed by atoms with Crippen molar-refractivity contribution in [2.45, 2.75) is 13.1 Å². The highest BCUT2D eigenvalue weighted by molar-refractivity contribution is 7.11. The van der Waals surface area contributed by atoms with Gasteiger partial charge in [-0.3, -0.25) is 0 Å². The van der Waals surface area contributed by atoms with E-state index in [0.717, 1.165) is 11.1 Å². The second-order valence-electron chi connectivity index (χ2n) is 12.3. The third-order valence-corrected chi connectivity index (χ3v) is 18.7. The number of hydrogen-bond donors (Lipinski definition) is 0. The Labute approximate surface area is 275 Å². The van der Waals surface area contributed by atoms with Crippen LogP contribution in [0.25, 0.3) is 22.3 Å². The average molecular weight is 622 g/mol. The first-order valence-electron chi connectivity index (χ1n) is 16.0. The van der Waals surface area contributed by atoms with E-state index in [0.29, 0.717) is 0 Å². The third kappa shape index (κ3) is 5.51. The van der Waals surface area contributed by atoms with Gasteiger partial charge in [0.1, 0.15) is 16.1 Å². The minimum absolute atomic E-state index is 1.11. The molecule has 46 heavy (non-hydrogen) atoms. The van der Waals surface area contributed by atoms with Gasteiger partial charge in [-0.25, -0.2) is 0 Å². The van der Waals surface area contributed by atoms with E-state index in [1.807, 2.05) is 0 Å². The van der Waals surface area contributed by atoms with Gasteiger partial charge in [0.2, 0.25) is 0 Å². The normalized spacial score (nSPS) is 11.7. The highest BCUT2D eigenvalue weighted by Gasteiger charge is 2.35. The first-order chi connectivity index (χ1) is 22.6. The zero-order valence-corrected chi connectivity index (χ0v) is 28.4. The molecule has 0 fully saturated rings. The predicted octanol–water partition coefficient (Wildman–Crippen LogP) is 7.02. The van der Waals surface area contributed by atoms with Crippen molar-refractivity contribution in [1.29, 1.82) is 0 Å². The standard InChI is InChI=1S/C44H37Si2/c1-45(39-18-7-3-8-19-39,40-20-9-4-10-21-40)43-30-26-35(27-31-43)37-16-15-17-38(34-37)36-28-32-44(33-29-36)46(2,41-22-11-5-12-23-41)42-24-13-6-14-25-42/h3-33H,1-2H3. The Kier molecular flexibility index (Phi) is 8.23. The fourth-order valence-electron chi connectivity index (χ4n) is 6.86. The summed E-state index contributed by atoms with van der Waals surface area (Å²) in [6.45, 7) is 4.93. The maximum Gasteiger partial charge on any atom is 0.145 e. The molecule has 0 amide bonds. The topological polar surface area (TPSA) is 0 Å². The summed E-state index contributed by atoms with van der Waals surface area (Å²) in [6, 6.07) is 72.8. The molecule has 0 unspecified atom stereocenters. The van der Waals surface area contributed by atoms with E-state index in [1.165, 1.54) is 42.2 Å². The molecular weight excluding hydrogens is 585 g/mol. The Morgan fingerprint density at radius 2 is 0.543 bits per heavy atom. The summed E-state index contributed by atoms with van der Waals surface area (Å²) in [5.74, 6) is 0. The van der Waals surface area contributed by atoms with Crippen molar-refractivity contribution in [3.05, 3.63) is 194 Å². The molecule has 7 aromatic rings. The van der Waals surface area contributed by atoms with E-state index in [-0.39, 0.29) is 0 Å². The zero-order valence-electron chi connectivity index (χ0n) is 26.4. The molecule has 0 saturated carbocycles. The van der Waals surface area contributed by atoms with Crippen LogP contribution in [0.15, 0.2) is 188 Å². The molecule has 0 aliphatic heterocycles. The first-order valence-corrected chi connectivity index (χ1v) is 21.0. The van der Waals surface area contributed by atoms with Crippen molar-refractivity contribution in [3.8, 4) is 22.3 Å². The van der Waals surface area contributed by atoms with Crippen LogP contribution in [-0.2, 0) is 0 Å². The lowest BCUT2D eigenvalue weighted by atomic mass is 9.99. The third-order valence-electron chi connectivity index (χ3n) is 9.75. The Bertz CT molecular complexity index is 1790. The highest BCUT2D eigenvalue weighted by atomic mass is 28.3. The smallest absolute Gasteiger partial charge is 0.0624 e. The fourth-order valence-corrected chi connectivity index (χ4v) is 14.0. The summed E-state index contributed by atoms with van der Waals surface area (Å²) >= 11 is 0. The first kappa shape index (κ1) is 29.7. The molecule has 7 aromatic carbocycles. The van der Waals surface area contributed by atoms with E-state index in [1.54, 1.807) is 0 Å². The molecular formula is C44H37Si2. The van der Waals surface area contributed by atoms with Gasteiger partial charge in [-0.2, -0.15) is 0 Å². The van der Waals surface area contributed by atoms with Gasteiger partial charge in [0.05, 0.1) is 0 Å². The number of rotatable bonds is 8. The Morgan fingerprint density at radius 3 is 0.826 bits per heavy atom. The average Bonchev–Trinajstić information content (AvgIpc) is 3.16. The summed E-state index contributed by atoms with van der Waals surface area (Å²) in [6.07, 6.45) is 0. The Balaban J connectivity index is 1.20. The van der Waals surface area contributed by atoms with Crippen LogP contribution in [0, 0.1) is 6.07 Å². The van der Waals surface area contributed by atoms with E-state index in [4.69, 9.17) is 0 Å². The van der Waals surface area contributed by atoms with Crippen LogP contribution in [0.3, 0.4) is 0 Å². The second kappa shape index (κ2) is 12.8. The van der Waals surface area contributed by atoms with Gasteiger partial charge in [-0.15, -0.1) is 0 Å². The van der Waals surface area contributed by atoms with E-state index in [2.05, 4.69) is 207 Å². The lowest BCUT2D eigenvalue weighted by Crippen LogP contribution is -2.64. The highest BCUT2D eigenvalue weighted by Crippen LogP contribution is 2.26. The summed E-state index contributed by atoms with van der Waals surface area (Å²) in [4.78, 5) is 0. The van der Waals surface area contributed by atoms with Crippen LogP contribution in [-0.4, -0.2) is 16.1 Å². The zero-order chi connectivity index (χ0) is 31.4. The van der Waals surface area contributed by atoms with Crippen molar-refractivity contribution in [1.82, 2.24) is 0 Å². The quantitative estimate of drug-likeness (QED) is 0.126. The van der Waals surface area contributed by atoms with Gasteiger partial charge < -0.3 is 0 Å². The van der Waals surface area contributed by atoms with E-state index in [9.17, 15) is 0 Å². The van der Waals surface area contributed by atoms with Crippen molar-refractivity contribution >= 4 is 47.3 Å². The monoisotopic (exact) mass is 621 g/mol. The molecule has 0 atom stereocenters. The molecule has 0 nitrogen and oxygen atoms in total. The number of benzene rings is 7. The summed E-state index contributed by atoms with van der Waals surface area (Å²) in [5, 5.41) is 8.50. The van der Waals surface area contributed by atoms with E-state index >= 15 is 0 Å². The largest absolute Gasteiger partial charge is 0.145 e. The Morgan fingerprint density at radius 1 is 0.283 bits per heavy atom. The molecule has 0 spiro atoms. The van der Waals surface area contributed by atoms with Crippen LogP contribution >= 0.6 is 0 Å². The summed E-state index contributed by atoms with van der Waals surface area (Å²) < 4.78 is 0. The molecule has 7 rings (SSSR count). The molecule has 0 N–H and O–H groups in total. The van der Waals surface area contributed by atoms with Gasteiger partial charge in [0, 0.05) is 0 Å². The molecule has 2 heteroatoms. The molecule has 1 radical (unpaired) electrons. The maximum absolute atomic E-state index is 3.74. The van der Waals surface area contributed by atoms with Gasteiger partial charge in [-0.05, 0) is 59.4 Å². The van der Waals surface area contributed by atoms with Crippen molar-refractivity contribution in [3.63, 3.8) is 0 Å². The van der Waals surface area contributed by atoms with Crippen LogP contribution in [0.2, 0.25) is 13.1 Å². The van der Waals surface area contributed by atoms with Gasteiger partial charge in [0.25, 0.3) is 0 Å². The minimum atomic E-state index is -2.14. The van der Waals surface area contributed by atoms with E-state index < -0.39 is 16.1 Å². The van der Waals surface area contributed by atoms with Crippen molar-refractivity contribution in [2.24, 2.45) is 0 Å². The molecule has 0 saturated heterocycles. The van der Waals surface area contributed by atoms with Crippen LogP contribution in [0.1, 0.15) is 0 Å². The number of hydrogen-bond acceptors (Lipinski definition) is 0. The predicted molar refractivity (Wildman–Crippen MR) is 203 cm³/mol. The molecule has 221 valence electrons.